The van der Waals surface area contributed by atoms with Crippen LogP contribution in [0.25, 0.3) is 0 Å². The number of carbonyl (C=O) groups is 2. The van der Waals surface area contributed by atoms with Gasteiger partial charge in [0.2, 0.25) is 11.8 Å². The lowest BCUT2D eigenvalue weighted by Crippen LogP contribution is -2.50. The second kappa shape index (κ2) is 6.82. The number of nitrogens with zero attached hydrogens (tertiary/aromatic N) is 4. The lowest BCUT2D eigenvalue weighted by atomic mass is 10.1. The molecule has 2 heterocycles. The van der Waals surface area contributed by atoms with Gasteiger partial charge < -0.3 is 15.5 Å². The normalized spacial score (nSPS) is 18.5. The van der Waals surface area contributed by atoms with Crippen LogP contribution in [0, 0.1) is 0 Å². The Balaban J connectivity index is 1.86. The average Bonchev–Trinajstić information content (AvgIpc) is 3.12. The smallest absolute Gasteiger partial charge is 0.243 e. The first-order valence-corrected chi connectivity index (χ1v) is 7.41. The molecule has 0 radical (unpaired) electrons. The summed E-state index contributed by atoms with van der Waals surface area (Å²) in [5.74, 6) is 0.192. The van der Waals surface area contributed by atoms with Gasteiger partial charge in [-0.2, -0.15) is 5.21 Å². The molecule has 1 aliphatic heterocycles. The summed E-state index contributed by atoms with van der Waals surface area (Å²) in [5.41, 5.74) is -0.133. The van der Waals surface area contributed by atoms with Gasteiger partial charge in [0.1, 0.15) is 6.04 Å². The second-order valence-electron chi connectivity index (χ2n) is 6.39. The number of likely N-dealkylation sites (tertiary alicyclic amines) is 1. The quantitative estimate of drug-likeness (QED) is 0.655. The van der Waals surface area contributed by atoms with Crippen LogP contribution in [-0.4, -0.2) is 62.0 Å². The Labute approximate surface area is 129 Å². The van der Waals surface area contributed by atoms with E-state index in [2.05, 4.69) is 31.3 Å². The Hall–Kier alpha value is -2.03. The summed E-state index contributed by atoms with van der Waals surface area (Å²) in [6, 6.07) is -0.416. The number of aromatic nitrogens is 4. The minimum atomic E-state index is -0.416. The van der Waals surface area contributed by atoms with E-state index in [0.717, 1.165) is 6.42 Å². The molecular formula is C13H23N7O2. The summed E-state index contributed by atoms with van der Waals surface area (Å²) < 4.78 is 0. The highest BCUT2D eigenvalue weighted by Crippen LogP contribution is 2.17. The van der Waals surface area contributed by atoms with Crippen molar-refractivity contribution in [3.8, 4) is 0 Å². The molecule has 9 nitrogen and oxygen atoms in total. The first-order chi connectivity index (χ1) is 10.4. The van der Waals surface area contributed by atoms with Gasteiger partial charge >= 0.3 is 0 Å². The molecule has 0 aromatic carbocycles. The predicted molar refractivity (Wildman–Crippen MR) is 78.5 cm³/mol. The highest BCUT2D eigenvalue weighted by Gasteiger charge is 2.34. The molecule has 1 saturated heterocycles. The molecule has 0 unspecified atom stereocenters. The maximum absolute atomic E-state index is 12.3. The largest absolute Gasteiger partial charge is 0.347 e. The number of hydrogen-bond acceptors (Lipinski definition) is 6. The van der Waals surface area contributed by atoms with Crippen molar-refractivity contribution in [3.63, 3.8) is 0 Å². The third-order valence-corrected chi connectivity index (χ3v) is 3.46. The molecular weight excluding hydrogens is 286 g/mol. The van der Waals surface area contributed by atoms with Crippen LogP contribution in [-0.2, 0) is 16.1 Å². The fraction of sp³-hybridized carbons (Fsp3) is 0.769. The van der Waals surface area contributed by atoms with Crippen LogP contribution < -0.4 is 10.6 Å². The number of aromatic amines is 1. The Kier molecular flexibility index (Phi) is 5.07. The van der Waals surface area contributed by atoms with Gasteiger partial charge in [0.15, 0.2) is 5.82 Å². The van der Waals surface area contributed by atoms with Gasteiger partial charge in [0.05, 0.1) is 13.1 Å². The third kappa shape index (κ3) is 4.48. The van der Waals surface area contributed by atoms with Crippen molar-refractivity contribution >= 4 is 11.8 Å². The van der Waals surface area contributed by atoms with Crippen molar-refractivity contribution in [1.82, 2.24) is 36.2 Å². The predicted octanol–water partition coefficient (Wildman–Crippen LogP) is -0.805. The van der Waals surface area contributed by atoms with Crippen molar-refractivity contribution in [2.75, 3.05) is 13.1 Å². The van der Waals surface area contributed by atoms with E-state index in [-0.39, 0.29) is 30.4 Å². The second-order valence-corrected chi connectivity index (χ2v) is 6.39. The molecule has 1 aromatic heterocycles. The number of nitrogens with one attached hydrogen (secondary N) is 3. The van der Waals surface area contributed by atoms with Gasteiger partial charge in [-0.25, -0.2) is 0 Å². The Morgan fingerprint density at radius 1 is 1.41 bits per heavy atom. The SMILES string of the molecule is CC(C)(C)NCC(=O)N1CCC[C@H]1C(=O)NCc1nn[nH]n1. The minimum absolute atomic E-state index is 0.0489. The van der Waals surface area contributed by atoms with E-state index in [1.54, 1.807) is 4.90 Å². The van der Waals surface area contributed by atoms with Crippen molar-refractivity contribution in [2.24, 2.45) is 0 Å². The maximum Gasteiger partial charge on any atom is 0.243 e. The molecule has 22 heavy (non-hydrogen) atoms. The summed E-state index contributed by atoms with van der Waals surface area (Å²) >= 11 is 0. The fourth-order valence-corrected chi connectivity index (χ4v) is 2.32. The van der Waals surface area contributed by atoms with Crippen molar-refractivity contribution in [2.45, 2.75) is 51.7 Å². The molecule has 1 fully saturated rings. The van der Waals surface area contributed by atoms with Crippen molar-refractivity contribution in [1.29, 1.82) is 0 Å². The zero-order chi connectivity index (χ0) is 16.2. The number of tetrazole rings is 1. The zero-order valence-electron chi connectivity index (χ0n) is 13.2. The summed E-state index contributed by atoms with van der Waals surface area (Å²) in [6.07, 6.45) is 1.51. The topological polar surface area (TPSA) is 116 Å². The van der Waals surface area contributed by atoms with E-state index < -0.39 is 6.04 Å². The summed E-state index contributed by atoms with van der Waals surface area (Å²) in [5, 5.41) is 19.2. The molecule has 2 amide bonds. The molecule has 2 rings (SSSR count). The van der Waals surface area contributed by atoms with Crippen molar-refractivity contribution < 1.29 is 9.59 Å². The highest BCUT2D eigenvalue weighted by atomic mass is 16.2. The molecule has 3 N–H and O–H groups in total. The number of carbonyl (C=O) groups excluding carboxylic acids is 2. The summed E-state index contributed by atoms with van der Waals surface area (Å²) in [6.45, 7) is 7.05. The van der Waals surface area contributed by atoms with Gasteiger partial charge in [-0.15, -0.1) is 10.2 Å². The zero-order valence-corrected chi connectivity index (χ0v) is 13.2. The Morgan fingerprint density at radius 3 is 2.82 bits per heavy atom. The van der Waals surface area contributed by atoms with Crippen LogP contribution in [0.15, 0.2) is 0 Å². The van der Waals surface area contributed by atoms with E-state index in [9.17, 15) is 9.59 Å². The molecule has 0 spiro atoms. The van der Waals surface area contributed by atoms with E-state index in [1.807, 2.05) is 20.8 Å². The molecule has 0 aliphatic carbocycles. The molecule has 1 aromatic rings. The van der Waals surface area contributed by atoms with Crippen LogP contribution in [0.5, 0.6) is 0 Å². The number of rotatable bonds is 5. The first-order valence-electron chi connectivity index (χ1n) is 7.41. The van der Waals surface area contributed by atoms with E-state index >= 15 is 0 Å². The standard InChI is InChI=1S/C13H23N7O2/c1-13(2,3)15-8-11(21)20-6-4-5-9(20)12(22)14-7-10-16-18-19-17-10/h9,15H,4-8H2,1-3H3,(H,14,22)(H,16,17,18,19)/t9-/m0/s1. The highest BCUT2D eigenvalue weighted by molar-refractivity contribution is 5.88. The number of H-pyrrole nitrogens is 1. The molecule has 122 valence electrons. The van der Waals surface area contributed by atoms with E-state index in [0.29, 0.717) is 18.8 Å². The molecule has 9 heteroatoms. The van der Waals surface area contributed by atoms with Gasteiger partial charge in [-0.3, -0.25) is 9.59 Å². The minimum Gasteiger partial charge on any atom is -0.347 e. The van der Waals surface area contributed by atoms with E-state index in [4.69, 9.17) is 0 Å². The lowest BCUT2D eigenvalue weighted by molar-refractivity contribution is -0.138. The Morgan fingerprint density at radius 2 is 2.18 bits per heavy atom. The van der Waals surface area contributed by atoms with Gasteiger partial charge in [-0.05, 0) is 33.6 Å². The first kappa shape index (κ1) is 16.3. The molecule has 0 saturated carbocycles. The van der Waals surface area contributed by atoms with E-state index in [1.165, 1.54) is 0 Å². The monoisotopic (exact) mass is 309 g/mol. The number of hydrogen-bond donors (Lipinski definition) is 3. The van der Waals surface area contributed by atoms with Gasteiger partial charge in [0.25, 0.3) is 0 Å². The van der Waals surface area contributed by atoms with Crippen LogP contribution in [0.3, 0.4) is 0 Å². The summed E-state index contributed by atoms with van der Waals surface area (Å²) in [7, 11) is 0. The molecule has 0 bridgehead atoms. The van der Waals surface area contributed by atoms with Crippen LogP contribution >= 0.6 is 0 Å². The summed E-state index contributed by atoms with van der Waals surface area (Å²) in [4.78, 5) is 26.2. The van der Waals surface area contributed by atoms with Gasteiger partial charge in [0, 0.05) is 12.1 Å². The molecule has 1 atom stereocenters. The van der Waals surface area contributed by atoms with Crippen LogP contribution in [0.2, 0.25) is 0 Å². The molecule has 1 aliphatic rings. The Bertz CT molecular complexity index is 509. The van der Waals surface area contributed by atoms with Gasteiger partial charge in [-0.1, -0.05) is 5.21 Å². The average molecular weight is 309 g/mol. The maximum atomic E-state index is 12.3. The number of amides is 2. The van der Waals surface area contributed by atoms with Crippen molar-refractivity contribution in [3.05, 3.63) is 5.82 Å². The third-order valence-electron chi connectivity index (χ3n) is 3.46. The van der Waals surface area contributed by atoms with Crippen LogP contribution in [0.4, 0.5) is 0 Å². The fourth-order valence-electron chi connectivity index (χ4n) is 2.32. The lowest BCUT2D eigenvalue weighted by Gasteiger charge is -2.26. The van der Waals surface area contributed by atoms with Crippen LogP contribution in [0.1, 0.15) is 39.4 Å².